The van der Waals surface area contributed by atoms with Gasteiger partial charge in [0.05, 0.1) is 22.9 Å². The van der Waals surface area contributed by atoms with E-state index in [1.165, 1.54) is 16.0 Å². The highest BCUT2D eigenvalue weighted by molar-refractivity contribution is 7.18. The summed E-state index contributed by atoms with van der Waals surface area (Å²) in [6, 6.07) is 7.06. The second-order valence-corrected chi connectivity index (χ2v) is 7.95. The Kier molecular flexibility index (Phi) is 4.75. The van der Waals surface area contributed by atoms with Crippen molar-refractivity contribution in [3.8, 4) is 0 Å². The molecule has 29 heavy (non-hydrogen) atoms. The first-order chi connectivity index (χ1) is 13.8. The number of anilines is 1. The number of nitrogens with zero attached hydrogens (tertiary/aromatic N) is 4. The van der Waals surface area contributed by atoms with E-state index >= 15 is 0 Å². The van der Waals surface area contributed by atoms with Gasteiger partial charge in [-0.15, -0.1) is 11.3 Å². The first kappa shape index (κ1) is 19.0. The molecule has 0 spiro atoms. The van der Waals surface area contributed by atoms with Crippen molar-refractivity contribution >= 4 is 44.1 Å². The molecule has 0 atom stereocenters. The van der Waals surface area contributed by atoms with E-state index in [2.05, 4.69) is 15.1 Å². The minimum absolute atomic E-state index is 0.0659. The fraction of sp³-hybridized carbons (Fsp3) is 0.250. The summed E-state index contributed by atoms with van der Waals surface area (Å²) in [4.78, 5) is 35.2. The normalized spacial score (nSPS) is 11.3. The zero-order valence-corrected chi connectivity index (χ0v) is 17.0. The lowest BCUT2D eigenvalue weighted by molar-refractivity contribution is -0.144. The molecule has 3 heterocycles. The fourth-order valence-electron chi connectivity index (χ4n) is 3.23. The summed E-state index contributed by atoms with van der Waals surface area (Å²) in [6.45, 7) is 3.90. The third-order valence-corrected chi connectivity index (χ3v) is 5.91. The molecule has 0 saturated carbocycles. The lowest BCUT2D eigenvalue weighted by atomic mass is 10.1. The fourth-order valence-corrected chi connectivity index (χ4v) is 4.29. The van der Waals surface area contributed by atoms with E-state index < -0.39 is 5.97 Å². The van der Waals surface area contributed by atoms with Gasteiger partial charge in [0.25, 0.3) is 5.56 Å². The first-order valence-electron chi connectivity index (χ1n) is 8.97. The number of hydrogen-bond donors (Lipinski definition) is 1. The molecule has 0 fully saturated rings. The Hall–Kier alpha value is -3.33. The topological polar surface area (TPSA) is 113 Å². The summed E-state index contributed by atoms with van der Waals surface area (Å²) in [5, 5.41) is 6.22. The second-order valence-electron chi connectivity index (χ2n) is 6.75. The number of thiophene rings is 1. The average molecular weight is 409 g/mol. The van der Waals surface area contributed by atoms with E-state index in [0.29, 0.717) is 28.1 Å². The monoisotopic (exact) mass is 409 g/mol. The highest BCUT2D eigenvalue weighted by Crippen LogP contribution is 2.31. The largest absolute Gasteiger partial charge is 0.457 e. The average Bonchev–Trinajstić information content (AvgIpc) is 2.98. The SMILES string of the molecule is Cc1sc2nc(COC(=O)Cc3nn(C)c(=O)c4ccccc34)nc(N)c2c1C. The van der Waals surface area contributed by atoms with E-state index in [1.807, 2.05) is 13.8 Å². The van der Waals surface area contributed by atoms with Gasteiger partial charge in [0.15, 0.2) is 12.4 Å². The van der Waals surface area contributed by atoms with Crippen molar-refractivity contribution in [3.05, 3.63) is 56.6 Å². The van der Waals surface area contributed by atoms with Crippen molar-refractivity contribution in [1.82, 2.24) is 19.7 Å². The van der Waals surface area contributed by atoms with Crippen LogP contribution in [0.15, 0.2) is 29.1 Å². The van der Waals surface area contributed by atoms with Gasteiger partial charge >= 0.3 is 5.97 Å². The first-order valence-corrected chi connectivity index (χ1v) is 9.79. The van der Waals surface area contributed by atoms with Crippen molar-refractivity contribution in [2.45, 2.75) is 26.9 Å². The molecule has 0 unspecified atom stereocenters. The Morgan fingerprint density at radius 1 is 1.21 bits per heavy atom. The zero-order chi connectivity index (χ0) is 20.7. The summed E-state index contributed by atoms with van der Waals surface area (Å²) in [5.74, 6) is 0.249. The van der Waals surface area contributed by atoms with Crippen LogP contribution in [0.5, 0.6) is 0 Å². The number of aromatic nitrogens is 4. The molecule has 9 heteroatoms. The predicted octanol–water partition coefficient (Wildman–Crippen LogP) is 2.42. The molecule has 0 aliphatic heterocycles. The molecular formula is C20H19N5O3S. The number of nitrogens with two attached hydrogens (primary N) is 1. The molecule has 8 nitrogen and oxygen atoms in total. The third-order valence-electron chi connectivity index (χ3n) is 4.81. The van der Waals surface area contributed by atoms with Gasteiger partial charge in [-0.3, -0.25) is 9.59 Å². The number of rotatable bonds is 4. The van der Waals surface area contributed by atoms with Crippen LogP contribution < -0.4 is 11.3 Å². The Morgan fingerprint density at radius 2 is 1.93 bits per heavy atom. The second kappa shape index (κ2) is 7.25. The number of fused-ring (bicyclic) bond motifs is 2. The quantitative estimate of drug-likeness (QED) is 0.515. The lowest BCUT2D eigenvalue weighted by Gasteiger charge is -2.08. The van der Waals surface area contributed by atoms with Crippen molar-refractivity contribution in [2.24, 2.45) is 7.05 Å². The number of hydrogen-bond acceptors (Lipinski definition) is 8. The number of carbonyl (C=O) groups is 1. The smallest absolute Gasteiger partial charge is 0.312 e. The van der Waals surface area contributed by atoms with Crippen molar-refractivity contribution < 1.29 is 9.53 Å². The maximum Gasteiger partial charge on any atom is 0.312 e. The van der Waals surface area contributed by atoms with Crippen LogP contribution in [0.3, 0.4) is 0 Å². The maximum absolute atomic E-state index is 12.4. The molecule has 0 amide bonds. The summed E-state index contributed by atoms with van der Waals surface area (Å²) < 4.78 is 6.58. The molecule has 2 N–H and O–H groups in total. The van der Waals surface area contributed by atoms with E-state index in [9.17, 15) is 9.59 Å². The summed E-state index contributed by atoms with van der Waals surface area (Å²) in [5.41, 5.74) is 7.40. The molecule has 1 aromatic carbocycles. The molecule has 4 rings (SSSR count). The van der Waals surface area contributed by atoms with E-state index in [4.69, 9.17) is 10.5 Å². The van der Waals surface area contributed by atoms with Gasteiger partial charge in [0.1, 0.15) is 10.6 Å². The third kappa shape index (κ3) is 3.44. The molecular weight excluding hydrogens is 390 g/mol. The Bertz CT molecular complexity index is 1330. The van der Waals surface area contributed by atoms with Crippen molar-refractivity contribution in [2.75, 3.05) is 5.73 Å². The molecule has 148 valence electrons. The number of carbonyl (C=O) groups excluding carboxylic acids is 1. The molecule has 4 aromatic rings. The number of aryl methyl sites for hydroxylation is 3. The predicted molar refractivity (Wildman–Crippen MR) is 112 cm³/mol. The standard InChI is InChI=1S/C20H19N5O3S/c1-10-11(2)29-19-17(10)18(21)22-15(23-19)9-28-16(26)8-14-12-6-4-5-7-13(12)20(27)25(3)24-14/h4-7H,8-9H2,1-3H3,(H2,21,22,23). The van der Waals surface area contributed by atoms with Crippen molar-refractivity contribution in [3.63, 3.8) is 0 Å². The van der Waals surface area contributed by atoms with Gasteiger partial charge in [0.2, 0.25) is 0 Å². The maximum atomic E-state index is 12.4. The lowest BCUT2D eigenvalue weighted by Crippen LogP contribution is -2.23. The van der Waals surface area contributed by atoms with Gasteiger partial charge in [-0.25, -0.2) is 14.6 Å². The van der Waals surface area contributed by atoms with Gasteiger partial charge in [0, 0.05) is 17.3 Å². The van der Waals surface area contributed by atoms with Gasteiger partial charge < -0.3 is 10.5 Å². The summed E-state index contributed by atoms with van der Waals surface area (Å²) >= 11 is 1.53. The number of nitrogen functional groups attached to an aromatic ring is 1. The Balaban J connectivity index is 1.54. The van der Waals surface area contributed by atoms with Crippen molar-refractivity contribution in [1.29, 1.82) is 0 Å². The molecule has 0 radical (unpaired) electrons. The van der Waals surface area contributed by atoms with Crippen LogP contribution in [0.4, 0.5) is 5.82 Å². The van der Waals surface area contributed by atoms with Gasteiger partial charge in [-0.1, -0.05) is 18.2 Å². The van der Waals surface area contributed by atoms with E-state index in [-0.39, 0.29) is 18.6 Å². The summed E-state index contributed by atoms with van der Waals surface area (Å²) in [7, 11) is 1.56. The minimum Gasteiger partial charge on any atom is -0.457 e. The number of benzene rings is 1. The Morgan fingerprint density at radius 3 is 2.69 bits per heavy atom. The molecule has 0 aliphatic carbocycles. The van der Waals surface area contributed by atoms with Crippen LogP contribution in [0, 0.1) is 13.8 Å². The van der Waals surface area contributed by atoms with Gasteiger partial charge in [-0.05, 0) is 25.5 Å². The van der Waals surface area contributed by atoms with E-state index in [1.54, 1.807) is 31.3 Å². The number of esters is 1. The van der Waals surface area contributed by atoms with Crippen LogP contribution in [0.25, 0.3) is 21.0 Å². The van der Waals surface area contributed by atoms with Crippen LogP contribution >= 0.6 is 11.3 Å². The van der Waals surface area contributed by atoms with Crippen LogP contribution in [0.1, 0.15) is 22.0 Å². The molecule has 3 aromatic heterocycles. The molecule has 0 bridgehead atoms. The van der Waals surface area contributed by atoms with Crippen LogP contribution in [0.2, 0.25) is 0 Å². The minimum atomic E-state index is -0.484. The number of ether oxygens (including phenoxy) is 1. The van der Waals surface area contributed by atoms with Gasteiger partial charge in [-0.2, -0.15) is 5.10 Å². The highest BCUT2D eigenvalue weighted by Gasteiger charge is 2.16. The highest BCUT2D eigenvalue weighted by atomic mass is 32.1. The van der Waals surface area contributed by atoms with E-state index in [0.717, 1.165) is 20.7 Å². The van der Waals surface area contributed by atoms with Crippen LogP contribution in [-0.4, -0.2) is 25.7 Å². The Labute approximate surface area is 170 Å². The molecule has 0 saturated heterocycles. The van der Waals surface area contributed by atoms with Crippen LogP contribution in [-0.2, 0) is 29.6 Å². The zero-order valence-electron chi connectivity index (χ0n) is 16.2. The molecule has 0 aliphatic rings. The summed E-state index contributed by atoms with van der Waals surface area (Å²) in [6.07, 6.45) is -0.0659.